The highest BCUT2D eigenvalue weighted by Gasteiger charge is 2.11. The number of rotatable bonds is 8. The van der Waals surface area contributed by atoms with Crippen LogP contribution < -0.4 is 5.32 Å². The molecule has 1 heterocycles. The molecule has 0 spiro atoms. The van der Waals surface area contributed by atoms with Gasteiger partial charge in [0.25, 0.3) is 0 Å². The maximum absolute atomic E-state index is 6.40. The van der Waals surface area contributed by atoms with Gasteiger partial charge in [0.05, 0.1) is 5.02 Å². The second-order valence-electron chi connectivity index (χ2n) is 4.31. The lowest BCUT2D eigenvalue weighted by molar-refractivity contribution is -0.133. The van der Waals surface area contributed by atoms with Crippen molar-refractivity contribution in [1.29, 1.82) is 0 Å². The van der Waals surface area contributed by atoms with E-state index in [0.717, 1.165) is 21.8 Å². The first-order chi connectivity index (χ1) is 9.76. The van der Waals surface area contributed by atoms with Crippen LogP contribution >= 0.6 is 22.9 Å². The van der Waals surface area contributed by atoms with E-state index < -0.39 is 0 Å². The molecule has 5 heteroatoms. The number of thiophene rings is 1. The highest BCUT2D eigenvalue weighted by Crippen LogP contribution is 2.34. The minimum atomic E-state index is -0.196. The van der Waals surface area contributed by atoms with Crippen LogP contribution in [0.4, 0.5) is 0 Å². The molecular formula is C15H20ClNO2S. The second-order valence-corrected chi connectivity index (χ2v) is 5.82. The molecule has 2 rings (SSSR count). The van der Waals surface area contributed by atoms with Crippen LogP contribution in [0, 0.1) is 0 Å². The highest BCUT2D eigenvalue weighted by molar-refractivity contribution is 7.19. The number of nitrogens with one attached hydrogen (secondary N) is 1. The van der Waals surface area contributed by atoms with E-state index in [0.29, 0.717) is 19.8 Å². The van der Waals surface area contributed by atoms with Gasteiger partial charge in [-0.3, -0.25) is 0 Å². The standard InChI is InChI=1S/C15H20ClNO2S/c1-3-18-14(19-4-2)10-17-9-13-15(16)11-7-5-6-8-12(11)20-13/h5-8,14,17H,3-4,9-10H2,1-2H3. The van der Waals surface area contributed by atoms with Gasteiger partial charge in [0.2, 0.25) is 0 Å². The molecule has 0 bridgehead atoms. The van der Waals surface area contributed by atoms with E-state index in [1.165, 1.54) is 4.70 Å². The van der Waals surface area contributed by atoms with Crippen molar-refractivity contribution < 1.29 is 9.47 Å². The van der Waals surface area contributed by atoms with Gasteiger partial charge in [-0.25, -0.2) is 0 Å². The summed E-state index contributed by atoms with van der Waals surface area (Å²) in [6, 6.07) is 8.20. The smallest absolute Gasteiger partial charge is 0.169 e. The lowest BCUT2D eigenvalue weighted by Crippen LogP contribution is -2.31. The van der Waals surface area contributed by atoms with Crippen molar-refractivity contribution in [2.24, 2.45) is 0 Å². The first-order valence-corrected chi connectivity index (χ1v) is 8.05. The zero-order chi connectivity index (χ0) is 14.4. The Balaban J connectivity index is 1.93. The number of hydrogen-bond donors (Lipinski definition) is 1. The van der Waals surface area contributed by atoms with E-state index in [9.17, 15) is 0 Å². The fraction of sp³-hybridized carbons (Fsp3) is 0.467. The summed E-state index contributed by atoms with van der Waals surface area (Å²) >= 11 is 8.13. The lowest BCUT2D eigenvalue weighted by atomic mass is 10.2. The molecule has 0 radical (unpaired) electrons. The van der Waals surface area contributed by atoms with Gasteiger partial charge < -0.3 is 14.8 Å². The Morgan fingerprint density at radius 3 is 2.55 bits per heavy atom. The van der Waals surface area contributed by atoms with Crippen molar-refractivity contribution in [3.63, 3.8) is 0 Å². The summed E-state index contributed by atoms with van der Waals surface area (Å²) < 4.78 is 12.2. The van der Waals surface area contributed by atoms with Gasteiger partial charge in [-0.05, 0) is 19.9 Å². The van der Waals surface area contributed by atoms with Crippen molar-refractivity contribution in [3.8, 4) is 0 Å². The number of halogens is 1. The van der Waals surface area contributed by atoms with Crippen molar-refractivity contribution >= 4 is 33.0 Å². The fourth-order valence-corrected chi connectivity index (χ4v) is 3.49. The Morgan fingerprint density at radius 2 is 1.90 bits per heavy atom. The molecule has 110 valence electrons. The molecule has 0 unspecified atom stereocenters. The summed E-state index contributed by atoms with van der Waals surface area (Å²) in [4.78, 5) is 1.15. The number of benzene rings is 1. The largest absolute Gasteiger partial charge is 0.352 e. The fourth-order valence-electron chi connectivity index (χ4n) is 2.02. The molecule has 0 aliphatic rings. The van der Waals surface area contributed by atoms with Gasteiger partial charge in [-0.1, -0.05) is 29.8 Å². The van der Waals surface area contributed by atoms with E-state index in [2.05, 4.69) is 17.4 Å². The van der Waals surface area contributed by atoms with Crippen LogP contribution in [-0.4, -0.2) is 26.0 Å². The molecule has 3 nitrogen and oxygen atoms in total. The van der Waals surface area contributed by atoms with Crippen molar-refractivity contribution in [3.05, 3.63) is 34.2 Å². The number of hydrogen-bond acceptors (Lipinski definition) is 4. The third-order valence-electron chi connectivity index (χ3n) is 2.90. The van der Waals surface area contributed by atoms with Crippen LogP contribution in [0.3, 0.4) is 0 Å². The Morgan fingerprint density at radius 1 is 1.20 bits per heavy atom. The zero-order valence-corrected chi connectivity index (χ0v) is 13.4. The van der Waals surface area contributed by atoms with Gasteiger partial charge in [0.1, 0.15) is 0 Å². The van der Waals surface area contributed by atoms with Crippen LogP contribution in [0.25, 0.3) is 10.1 Å². The minimum absolute atomic E-state index is 0.196. The maximum Gasteiger partial charge on any atom is 0.169 e. The Labute approximate surface area is 128 Å². The Kier molecular flexibility index (Phi) is 6.26. The van der Waals surface area contributed by atoms with Gasteiger partial charge in [-0.15, -0.1) is 11.3 Å². The summed E-state index contributed by atoms with van der Waals surface area (Å²) in [5, 5.41) is 5.33. The summed E-state index contributed by atoms with van der Waals surface area (Å²) in [6.45, 7) is 6.62. The molecule has 1 aromatic heterocycles. The third-order valence-corrected chi connectivity index (χ3v) is 4.62. The molecule has 0 saturated carbocycles. The molecule has 0 atom stereocenters. The molecule has 20 heavy (non-hydrogen) atoms. The minimum Gasteiger partial charge on any atom is -0.352 e. The first kappa shape index (κ1) is 15.7. The molecular weight excluding hydrogens is 294 g/mol. The monoisotopic (exact) mass is 313 g/mol. The first-order valence-electron chi connectivity index (χ1n) is 6.86. The third kappa shape index (κ3) is 3.93. The van der Waals surface area contributed by atoms with Crippen LogP contribution in [-0.2, 0) is 16.0 Å². The molecule has 1 N–H and O–H groups in total. The molecule has 0 amide bonds. The molecule has 1 aromatic carbocycles. The van der Waals surface area contributed by atoms with Crippen molar-refractivity contribution in [2.75, 3.05) is 19.8 Å². The predicted octanol–water partition coefficient (Wildman–Crippen LogP) is 4.04. The topological polar surface area (TPSA) is 30.5 Å². The zero-order valence-electron chi connectivity index (χ0n) is 11.8. The molecule has 0 aliphatic heterocycles. The summed E-state index contributed by atoms with van der Waals surface area (Å²) in [5.41, 5.74) is 0. The van der Waals surface area contributed by atoms with Gasteiger partial charge in [-0.2, -0.15) is 0 Å². The second kappa shape index (κ2) is 7.96. The number of ether oxygens (including phenoxy) is 2. The summed E-state index contributed by atoms with van der Waals surface area (Å²) in [6.07, 6.45) is -0.196. The Hall–Kier alpha value is -0.650. The predicted molar refractivity (Wildman–Crippen MR) is 85.6 cm³/mol. The molecule has 0 saturated heterocycles. The van der Waals surface area contributed by atoms with Crippen LogP contribution in [0.5, 0.6) is 0 Å². The molecule has 0 fully saturated rings. The number of fused-ring (bicyclic) bond motifs is 1. The normalized spacial score (nSPS) is 11.6. The van der Waals surface area contributed by atoms with Gasteiger partial charge in [0, 0.05) is 41.3 Å². The average Bonchev–Trinajstić information content (AvgIpc) is 2.77. The van der Waals surface area contributed by atoms with Crippen LogP contribution in [0.1, 0.15) is 18.7 Å². The Bertz CT molecular complexity index is 538. The van der Waals surface area contributed by atoms with Crippen molar-refractivity contribution in [2.45, 2.75) is 26.7 Å². The summed E-state index contributed by atoms with van der Waals surface area (Å²) in [5.74, 6) is 0. The summed E-state index contributed by atoms with van der Waals surface area (Å²) in [7, 11) is 0. The molecule has 2 aromatic rings. The van der Waals surface area contributed by atoms with E-state index in [1.54, 1.807) is 11.3 Å². The average molecular weight is 314 g/mol. The lowest BCUT2D eigenvalue weighted by Gasteiger charge is -2.17. The van der Waals surface area contributed by atoms with Crippen LogP contribution in [0.15, 0.2) is 24.3 Å². The van der Waals surface area contributed by atoms with E-state index in [1.807, 2.05) is 26.0 Å². The quantitative estimate of drug-likeness (QED) is 0.746. The molecule has 0 aliphatic carbocycles. The maximum atomic E-state index is 6.40. The SMILES string of the molecule is CCOC(CNCc1sc2ccccc2c1Cl)OCC. The van der Waals surface area contributed by atoms with Gasteiger partial charge >= 0.3 is 0 Å². The van der Waals surface area contributed by atoms with E-state index in [4.69, 9.17) is 21.1 Å². The van der Waals surface area contributed by atoms with Crippen molar-refractivity contribution in [1.82, 2.24) is 5.32 Å². The van der Waals surface area contributed by atoms with E-state index in [-0.39, 0.29) is 6.29 Å². The van der Waals surface area contributed by atoms with Gasteiger partial charge in [0.15, 0.2) is 6.29 Å². The van der Waals surface area contributed by atoms with E-state index >= 15 is 0 Å². The highest BCUT2D eigenvalue weighted by atomic mass is 35.5. The van der Waals surface area contributed by atoms with Crippen LogP contribution in [0.2, 0.25) is 5.02 Å².